The highest BCUT2D eigenvalue weighted by Gasteiger charge is 2.07. The number of amides is 1. The fourth-order valence-electron chi connectivity index (χ4n) is 1.85. The van der Waals surface area contributed by atoms with Crippen molar-refractivity contribution in [1.29, 1.82) is 0 Å². The quantitative estimate of drug-likeness (QED) is 0.847. The monoisotopic (exact) mass is 299 g/mol. The van der Waals surface area contributed by atoms with Crippen molar-refractivity contribution < 1.29 is 14.3 Å². The molecule has 0 saturated carbocycles. The van der Waals surface area contributed by atoms with Crippen molar-refractivity contribution >= 4 is 11.9 Å². The lowest BCUT2D eigenvalue weighted by atomic mass is 10.1. The van der Waals surface area contributed by atoms with E-state index in [2.05, 4.69) is 20.0 Å². The zero-order chi connectivity index (χ0) is 15.9. The molecule has 0 fully saturated rings. The van der Waals surface area contributed by atoms with Crippen molar-refractivity contribution in [3.63, 3.8) is 0 Å². The first-order chi connectivity index (χ1) is 10.6. The number of esters is 1. The Morgan fingerprint density at radius 2 is 1.86 bits per heavy atom. The first-order valence-electron chi connectivity index (χ1n) is 6.84. The highest BCUT2D eigenvalue weighted by Crippen LogP contribution is 2.06. The van der Waals surface area contributed by atoms with Crippen molar-refractivity contribution in [2.24, 2.45) is 0 Å². The molecule has 1 heterocycles. The second kappa shape index (κ2) is 7.31. The van der Waals surface area contributed by atoms with Gasteiger partial charge in [-0.15, -0.1) is 0 Å². The smallest absolute Gasteiger partial charge is 0.337 e. The molecule has 0 unspecified atom stereocenters. The molecule has 1 N–H and O–H groups in total. The van der Waals surface area contributed by atoms with Gasteiger partial charge in [-0.05, 0) is 31.0 Å². The minimum absolute atomic E-state index is 0.251. The number of nitrogens with one attached hydrogen (secondary N) is 1. The van der Waals surface area contributed by atoms with Crippen LogP contribution in [0.4, 0.5) is 0 Å². The third kappa shape index (κ3) is 4.12. The van der Waals surface area contributed by atoms with E-state index in [1.165, 1.54) is 13.3 Å². The van der Waals surface area contributed by atoms with Gasteiger partial charge >= 0.3 is 5.97 Å². The highest BCUT2D eigenvalue weighted by atomic mass is 16.5. The van der Waals surface area contributed by atoms with Crippen molar-refractivity contribution in [2.45, 2.75) is 13.3 Å². The molecule has 0 atom stereocenters. The molecule has 6 nitrogen and oxygen atoms in total. The molecule has 0 aliphatic rings. The Morgan fingerprint density at radius 3 is 2.45 bits per heavy atom. The minimum atomic E-state index is -0.363. The lowest BCUT2D eigenvalue weighted by molar-refractivity contribution is 0.0600. The Hall–Kier alpha value is -2.76. The summed E-state index contributed by atoms with van der Waals surface area (Å²) in [6, 6.07) is 7.08. The van der Waals surface area contributed by atoms with E-state index in [1.807, 2.05) is 19.1 Å². The van der Waals surface area contributed by atoms with Gasteiger partial charge in [-0.3, -0.25) is 9.78 Å². The average molecular weight is 299 g/mol. The van der Waals surface area contributed by atoms with Gasteiger partial charge in [0.15, 0.2) is 0 Å². The van der Waals surface area contributed by atoms with E-state index in [-0.39, 0.29) is 11.9 Å². The summed E-state index contributed by atoms with van der Waals surface area (Å²) < 4.78 is 4.64. The number of nitrogens with zero attached hydrogens (tertiary/aromatic N) is 2. The number of rotatable bonds is 5. The first kappa shape index (κ1) is 15.6. The van der Waals surface area contributed by atoms with Crippen molar-refractivity contribution in [3.05, 3.63) is 59.2 Å². The Bertz CT molecular complexity index is 651. The molecule has 2 aromatic rings. The topological polar surface area (TPSA) is 81.2 Å². The largest absolute Gasteiger partial charge is 0.465 e. The summed E-state index contributed by atoms with van der Waals surface area (Å²) in [6.07, 6.45) is 3.67. The fraction of sp³-hybridized carbons (Fsp3) is 0.250. The number of hydrogen-bond acceptors (Lipinski definition) is 5. The van der Waals surface area contributed by atoms with Gasteiger partial charge in [-0.25, -0.2) is 9.78 Å². The van der Waals surface area contributed by atoms with E-state index in [4.69, 9.17) is 0 Å². The predicted octanol–water partition coefficient (Wildman–Crippen LogP) is 1.54. The van der Waals surface area contributed by atoms with Gasteiger partial charge in [0.1, 0.15) is 5.69 Å². The maximum Gasteiger partial charge on any atom is 0.337 e. The molecule has 0 aliphatic heterocycles. The molecule has 0 saturated heterocycles. The maximum absolute atomic E-state index is 11.9. The first-order valence-corrected chi connectivity index (χ1v) is 6.84. The molecule has 0 bridgehead atoms. The lowest BCUT2D eigenvalue weighted by Gasteiger charge is -2.05. The van der Waals surface area contributed by atoms with E-state index in [0.717, 1.165) is 11.3 Å². The Labute approximate surface area is 128 Å². The van der Waals surface area contributed by atoms with Gasteiger partial charge in [0.25, 0.3) is 5.91 Å². The molecule has 1 aromatic heterocycles. The van der Waals surface area contributed by atoms with E-state index in [9.17, 15) is 9.59 Å². The van der Waals surface area contributed by atoms with E-state index in [0.29, 0.717) is 24.2 Å². The third-order valence-corrected chi connectivity index (χ3v) is 3.09. The molecule has 2 rings (SSSR count). The summed E-state index contributed by atoms with van der Waals surface area (Å²) in [5, 5.41) is 2.78. The van der Waals surface area contributed by atoms with Crippen LogP contribution in [0.2, 0.25) is 0 Å². The molecular weight excluding hydrogens is 282 g/mol. The standard InChI is InChI=1S/C16H17N3O3/c1-11-9-19-14(10-18-11)15(20)17-8-7-12-3-5-13(6-4-12)16(21)22-2/h3-6,9-10H,7-8H2,1-2H3,(H,17,20). The van der Waals surface area contributed by atoms with Crippen molar-refractivity contribution in [3.8, 4) is 0 Å². The predicted molar refractivity (Wildman–Crippen MR) is 80.6 cm³/mol. The van der Waals surface area contributed by atoms with Crippen LogP contribution >= 0.6 is 0 Å². The average Bonchev–Trinajstić information content (AvgIpc) is 2.55. The highest BCUT2D eigenvalue weighted by molar-refractivity contribution is 5.91. The van der Waals surface area contributed by atoms with Gasteiger partial charge in [0.2, 0.25) is 0 Å². The Kier molecular flexibility index (Phi) is 5.19. The number of hydrogen-bond donors (Lipinski definition) is 1. The van der Waals surface area contributed by atoms with Crippen molar-refractivity contribution in [2.75, 3.05) is 13.7 Å². The Balaban J connectivity index is 1.84. The van der Waals surface area contributed by atoms with Crippen LogP contribution < -0.4 is 5.32 Å². The van der Waals surface area contributed by atoms with E-state index in [1.54, 1.807) is 18.3 Å². The van der Waals surface area contributed by atoms with Crippen LogP contribution in [-0.4, -0.2) is 35.5 Å². The molecule has 22 heavy (non-hydrogen) atoms. The summed E-state index contributed by atoms with van der Waals surface area (Å²) in [5.74, 6) is -0.614. The van der Waals surface area contributed by atoms with Crippen LogP contribution in [0.3, 0.4) is 0 Å². The van der Waals surface area contributed by atoms with Gasteiger partial charge in [-0.2, -0.15) is 0 Å². The van der Waals surface area contributed by atoms with Crippen LogP contribution in [0.25, 0.3) is 0 Å². The number of carbonyl (C=O) groups excluding carboxylic acids is 2. The molecule has 114 valence electrons. The number of benzene rings is 1. The number of methoxy groups -OCH3 is 1. The van der Waals surface area contributed by atoms with Crippen LogP contribution in [0.5, 0.6) is 0 Å². The number of aryl methyl sites for hydroxylation is 1. The molecule has 0 radical (unpaired) electrons. The van der Waals surface area contributed by atoms with Gasteiger partial charge in [-0.1, -0.05) is 12.1 Å². The zero-order valence-electron chi connectivity index (χ0n) is 12.5. The third-order valence-electron chi connectivity index (χ3n) is 3.09. The van der Waals surface area contributed by atoms with Crippen molar-refractivity contribution in [1.82, 2.24) is 15.3 Å². The van der Waals surface area contributed by atoms with Crippen LogP contribution in [0.1, 0.15) is 32.1 Å². The second-order valence-corrected chi connectivity index (χ2v) is 4.74. The Morgan fingerprint density at radius 1 is 1.14 bits per heavy atom. The molecule has 0 spiro atoms. The van der Waals surface area contributed by atoms with Crippen LogP contribution in [0, 0.1) is 6.92 Å². The number of carbonyl (C=O) groups is 2. The van der Waals surface area contributed by atoms with E-state index >= 15 is 0 Å². The summed E-state index contributed by atoms with van der Waals surface area (Å²) in [5.41, 5.74) is 2.59. The fourth-order valence-corrected chi connectivity index (χ4v) is 1.85. The molecule has 1 aromatic carbocycles. The molecule has 1 amide bonds. The molecule has 0 aliphatic carbocycles. The number of ether oxygens (including phenoxy) is 1. The lowest BCUT2D eigenvalue weighted by Crippen LogP contribution is -2.26. The maximum atomic E-state index is 11.9. The number of aromatic nitrogens is 2. The van der Waals surface area contributed by atoms with Crippen LogP contribution in [0.15, 0.2) is 36.7 Å². The summed E-state index contributed by atoms with van der Waals surface area (Å²) >= 11 is 0. The van der Waals surface area contributed by atoms with Gasteiger partial charge in [0, 0.05) is 12.7 Å². The minimum Gasteiger partial charge on any atom is -0.465 e. The SMILES string of the molecule is COC(=O)c1ccc(CCNC(=O)c2cnc(C)cn2)cc1. The van der Waals surface area contributed by atoms with Gasteiger partial charge < -0.3 is 10.1 Å². The van der Waals surface area contributed by atoms with E-state index < -0.39 is 0 Å². The summed E-state index contributed by atoms with van der Waals surface area (Å²) in [7, 11) is 1.35. The van der Waals surface area contributed by atoms with Crippen LogP contribution in [-0.2, 0) is 11.2 Å². The normalized spacial score (nSPS) is 10.1. The second-order valence-electron chi connectivity index (χ2n) is 4.74. The van der Waals surface area contributed by atoms with Gasteiger partial charge in [0.05, 0.1) is 24.6 Å². The molecule has 6 heteroatoms. The zero-order valence-corrected chi connectivity index (χ0v) is 12.5. The summed E-state index contributed by atoms with van der Waals surface area (Å²) in [4.78, 5) is 31.2. The summed E-state index contributed by atoms with van der Waals surface area (Å²) in [6.45, 7) is 2.29. The molecular formula is C16H17N3O3.